The lowest BCUT2D eigenvalue weighted by atomic mass is 9.88. The fourth-order valence-corrected chi connectivity index (χ4v) is 3.78. The molecule has 1 aliphatic heterocycles. The van der Waals surface area contributed by atoms with Gasteiger partial charge in [-0.2, -0.15) is 0 Å². The summed E-state index contributed by atoms with van der Waals surface area (Å²) in [6, 6.07) is 21.9. The van der Waals surface area contributed by atoms with Gasteiger partial charge in [-0.15, -0.1) is 24.8 Å². The Morgan fingerprint density at radius 1 is 0.920 bits per heavy atom. The van der Waals surface area contributed by atoms with Gasteiger partial charge in [0, 0.05) is 12.5 Å². The SMILES string of the molecule is CNC1CCCCN1CCC(c1ccccc1)c1ccccc1.Cl.Cl. The molecule has 0 saturated carbocycles. The third kappa shape index (κ3) is 6.00. The van der Waals surface area contributed by atoms with E-state index in [0.29, 0.717) is 12.1 Å². The van der Waals surface area contributed by atoms with Crippen LogP contribution in [0.15, 0.2) is 60.7 Å². The van der Waals surface area contributed by atoms with E-state index in [1.165, 1.54) is 43.4 Å². The highest BCUT2D eigenvalue weighted by molar-refractivity contribution is 5.85. The zero-order chi connectivity index (χ0) is 15.9. The number of hydrogen-bond donors (Lipinski definition) is 1. The van der Waals surface area contributed by atoms with Gasteiger partial charge in [0.15, 0.2) is 0 Å². The third-order valence-corrected chi connectivity index (χ3v) is 5.06. The molecule has 25 heavy (non-hydrogen) atoms. The highest BCUT2D eigenvalue weighted by Crippen LogP contribution is 2.29. The van der Waals surface area contributed by atoms with Gasteiger partial charge in [-0.25, -0.2) is 0 Å². The second-order valence-corrected chi connectivity index (χ2v) is 6.50. The molecule has 2 aromatic carbocycles. The fourth-order valence-electron chi connectivity index (χ4n) is 3.78. The van der Waals surface area contributed by atoms with E-state index in [-0.39, 0.29) is 24.8 Å². The van der Waals surface area contributed by atoms with Crippen LogP contribution in [-0.2, 0) is 0 Å². The summed E-state index contributed by atoms with van der Waals surface area (Å²) in [7, 11) is 2.09. The molecule has 0 radical (unpaired) electrons. The monoisotopic (exact) mass is 380 g/mol. The molecule has 1 heterocycles. The van der Waals surface area contributed by atoms with E-state index < -0.39 is 0 Å². The molecule has 2 nitrogen and oxygen atoms in total. The molecule has 0 aromatic heterocycles. The number of nitrogens with zero attached hydrogens (tertiary/aromatic N) is 1. The normalized spacial score (nSPS) is 17.6. The van der Waals surface area contributed by atoms with Crippen LogP contribution >= 0.6 is 24.8 Å². The average Bonchev–Trinajstić information content (AvgIpc) is 2.64. The number of nitrogens with one attached hydrogen (secondary N) is 1. The smallest absolute Gasteiger partial charge is 0.0594 e. The molecule has 0 spiro atoms. The van der Waals surface area contributed by atoms with E-state index in [4.69, 9.17) is 0 Å². The lowest BCUT2D eigenvalue weighted by Gasteiger charge is -2.36. The lowest BCUT2D eigenvalue weighted by Crippen LogP contribution is -2.47. The van der Waals surface area contributed by atoms with Gasteiger partial charge in [0.25, 0.3) is 0 Å². The van der Waals surface area contributed by atoms with Crippen LogP contribution in [0.25, 0.3) is 0 Å². The van der Waals surface area contributed by atoms with Crippen molar-refractivity contribution in [2.75, 3.05) is 20.1 Å². The van der Waals surface area contributed by atoms with Crippen molar-refractivity contribution in [2.24, 2.45) is 0 Å². The van der Waals surface area contributed by atoms with Crippen LogP contribution in [0.3, 0.4) is 0 Å². The Labute approximate surface area is 164 Å². The summed E-state index contributed by atoms with van der Waals surface area (Å²) in [5.41, 5.74) is 2.86. The maximum Gasteiger partial charge on any atom is 0.0594 e. The average molecular weight is 381 g/mol. The highest BCUT2D eigenvalue weighted by Gasteiger charge is 2.22. The van der Waals surface area contributed by atoms with Crippen LogP contribution < -0.4 is 5.32 Å². The van der Waals surface area contributed by atoms with Gasteiger partial charge in [-0.05, 0) is 50.4 Å². The fraction of sp³-hybridized carbons (Fsp3) is 0.429. The zero-order valence-corrected chi connectivity index (χ0v) is 16.6. The molecular formula is C21H30Cl2N2. The summed E-state index contributed by atoms with van der Waals surface area (Å²) >= 11 is 0. The standard InChI is InChI=1S/C21H28N2.2ClH/c1-22-21-14-8-9-16-23(21)17-15-20(18-10-4-2-5-11-18)19-12-6-3-7-13-19;;/h2-7,10-13,20-22H,8-9,14-17H2,1H3;2*1H. The van der Waals surface area contributed by atoms with Gasteiger partial charge < -0.3 is 5.32 Å². The predicted molar refractivity (Wildman–Crippen MR) is 112 cm³/mol. The molecule has 3 rings (SSSR count). The number of hydrogen-bond acceptors (Lipinski definition) is 2. The Balaban J connectivity index is 0.00000156. The van der Waals surface area contributed by atoms with E-state index in [9.17, 15) is 0 Å². The minimum Gasteiger partial charge on any atom is -0.305 e. The van der Waals surface area contributed by atoms with Gasteiger partial charge in [-0.3, -0.25) is 4.90 Å². The molecule has 1 atom stereocenters. The highest BCUT2D eigenvalue weighted by atomic mass is 35.5. The van der Waals surface area contributed by atoms with Crippen LogP contribution in [0.4, 0.5) is 0 Å². The predicted octanol–water partition coefficient (Wildman–Crippen LogP) is 5.08. The van der Waals surface area contributed by atoms with Gasteiger partial charge in [0.1, 0.15) is 0 Å². The Hall–Kier alpha value is -1.06. The number of piperidine rings is 1. The third-order valence-electron chi connectivity index (χ3n) is 5.06. The second kappa shape index (κ2) is 11.5. The quantitative estimate of drug-likeness (QED) is 0.750. The molecule has 1 unspecified atom stereocenters. The van der Waals surface area contributed by atoms with E-state index in [1.807, 2.05) is 0 Å². The van der Waals surface area contributed by atoms with Crippen molar-refractivity contribution >= 4 is 24.8 Å². The lowest BCUT2D eigenvalue weighted by molar-refractivity contribution is 0.124. The molecule has 1 fully saturated rings. The van der Waals surface area contributed by atoms with Crippen LogP contribution in [0.5, 0.6) is 0 Å². The molecule has 138 valence electrons. The van der Waals surface area contributed by atoms with Crippen molar-refractivity contribution in [3.05, 3.63) is 71.8 Å². The first-order valence-corrected chi connectivity index (χ1v) is 8.89. The molecule has 1 aliphatic rings. The maximum absolute atomic E-state index is 3.48. The molecule has 2 aromatic rings. The summed E-state index contributed by atoms with van der Waals surface area (Å²) in [4.78, 5) is 2.63. The topological polar surface area (TPSA) is 15.3 Å². The van der Waals surface area contributed by atoms with Gasteiger partial charge in [0.05, 0.1) is 6.17 Å². The van der Waals surface area contributed by atoms with Gasteiger partial charge in [0.2, 0.25) is 0 Å². The summed E-state index contributed by atoms with van der Waals surface area (Å²) in [6.07, 6.45) is 5.68. The number of benzene rings is 2. The molecule has 1 saturated heterocycles. The summed E-state index contributed by atoms with van der Waals surface area (Å²) in [6.45, 7) is 2.38. The molecular weight excluding hydrogens is 351 g/mol. The number of halogens is 2. The van der Waals surface area contributed by atoms with Crippen molar-refractivity contribution in [3.8, 4) is 0 Å². The van der Waals surface area contributed by atoms with Crippen LogP contribution in [0.1, 0.15) is 42.7 Å². The molecule has 1 N–H and O–H groups in total. The summed E-state index contributed by atoms with van der Waals surface area (Å²) in [5.74, 6) is 0.483. The number of likely N-dealkylation sites (tertiary alicyclic amines) is 1. The minimum absolute atomic E-state index is 0. The summed E-state index contributed by atoms with van der Waals surface area (Å²) in [5, 5.41) is 3.48. The largest absolute Gasteiger partial charge is 0.305 e. The van der Waals surface area contributed by atoms with Crippen molar-refractivity contribution in [2.45, 2.75) is 37.8 Å². The van der Waals surface area contributed by atoms with E-state index in [0.717, 1.165) is 6.54 Å². The Morgan fingerprint density at radius 3 is 2.00 bits per heavy atom. The first kappa shape index (κ1) is 22.0. The Morgan fingerprint density at radius 2 is 1.48 bits per heavy atom. The summed E-state index contributed by atoms with van der Waals surface area (Å²) < 4.78 is 0. The first-order chi connectivity index (χ1) is 11.4. The van der Waals surface area contributed by atoms with Crippen LogP contribution in [0, 0.1) is 0 Å². The number of rotatable bonds is 6. The zero-order valence-electron chi connectivity index (χ0n) is 14.9. The van der Waals surface area contributed by atoms with Crippen LogP contribution in [-0.4, -0.2) is 31.2 Å². The minimum atomic E-state index is 0. The first-order valence-electron chi connectivity index (χ1n) is 8.89. The van der Waals surface area contributed by atoms with E-state index in [1.54, 1.807) is 0 Å². The van der Waals surface area contributed by atoms with Gasteiger partial charge >= 0.3 is 0 Å². The van der Waals surface area contributed by atoms with Crippen molar-refractivity contribution in [3.63, 3.8) is 0 Å². The maximum atomic E-state index is 3.48. The molecule has 0 aliphatic carbocycles. The molecule has 4 heteroatoms. The Kier molecular flexibility index (Phi) is 10.1. The van der Waals surface area contributed by atoms with Gasteiger partial charge in [-0.1, -0.05) is 60.7 Å². The van der Waals surface area contributed by atoms with Crippen molar-refractivity contribution < 1.29 is 0 Å². The van der Waals surface area contributed by atoms with E-state index >= 15 is 0 Å². The van der Waals surface area contributed by atoms with E-state index in [2.05, 4.69) is 77.9 Å². The van der Waals surface area contributed by atoms with Crippen LogP contribution in [0.2, 0.25) is 0 Å². The van der Waals surface area contributed by atoms with Crippen molar-refractivity contribution in [1.29, 1.82) is 0 Å². The second-order valence-electron chi connectivity index (χ2n) is 6.50. The molecule has 0 amide bonds. The molecule has 0 bridgehead atoms. The Bertz CT molecular complexity index is 537. The van der Waals surface area contributed by atoms with Crippen molar-refractivity contribution in [1.82, 2.24) is 10.2 Å².